The molecule has 0 spiro atoms. The van der Waals surface area contributed by atoms with Gasteiger partial charge >= 0.3 is 6.18 Å². The molecule has 0 aliphatic heterocycles. The normalized spacial score (nSPS) is 12.4. The summed E-state index contributed by atoms with van der Waals surface area (Å²) in [4.78, 5) is 5.79. The summed E-state index contributed by atoms with van der Waals surface area (Å²) >= 11 is 0. The largest absolute Gasteiger partial charge is 0.496 e. The molecule has 5 nitrogen and oxygen atoms in total. The molecular weight excluding hydrogens is 345 g/mol. The Morgan fingerprint density at radius 2 is 2.00 bits per heavy atom. The number of methoxy groups -OCH3 is 1. The molecule has 0 aliphatic rings. The van der Waals surface area contributed by atoms with E-state index in [2.05, 4.69) is 15.6 Å². The van der Waals surface area contributed by atoms with Crippen molar-refractivity contribution in [1.29, 1.82) is 0 Å². The number of alkyl halides is 3. The second kappa shape index (κ2) is 10.9. The Labute approximate surface area is 153 Å². The van der Waals surface area contributed by atoms with Crippen LogP contribution >= 0.6 is 0 Å². The lowest BCUT2D eigenvalue weighted by Gasteiger charge is -2.19. The van der Waals surface area contributed by atoms with E-state index in [1.807, 2.05) is 32.0 Å². The van der Waals surface area contributed by atoms with Crippen LogP contribution in [-0.4, -0.2) is 57.4 Å². The summed E-state index contributed by atoms with van der Waals surface area (Å²) < 4.78 is 42.3. The van der Waals surface area contributed by atoms with Crippen LogP contribution in [0, 0.1) is 6.92 Å². The summed E-state index contributed by atoms with van der Waals surface area (Å²) in [5.74, 6) is 1.42. The molecule has 8 heteroatoms. The minimum absolute atomic E-state index is 0.359. The first kappa shape index (κ1) is 22.1. The molecule has 1 aromatic rings. The Bertz CT molecular complexity index is 576. The van der Waals surface area contributed by atoms with Crippen LogP contribution in [0.2, 0.25) is 0 Å². The van der Waals surface area contributed by atoms with Gasteiger partial charge in [-0.3, -0.25) is 4.90 Å². The molecule has 1 aromatic carbocycles. The van der Waals surface area contributed by atoms with E-state index in [-0.39, 0.29) is 0 Å². The predicted octanol–water partition coefficient (Wildman–Crippen LogP) is 2.94. The first-order chi connectivity index (χ1) is 12.2. The molecular formula is C18H29F3N4O. The number of halogens is 3. The van der Waals surface area contributed by atoms with Gasteiger partial charge in [0.1, 0.15) is 5.75 Å². The lowest BCUT2D eigenvalue weighted by atomic mass is 10.1. The molecule has 0 saturated heterocycles. The highest BCUT2D eigenvalue weighted by Crippen LogP contribution is 2.20. The topological polar surface area (TPSA) is 48.9 Å². The van der Waals surface area contributed by atoms with E-state index in [9.17, 15) is 13.2 Å². The van der Waals surface area contributed by atoms with Crippen molar-refractivity contribution in [2.24, 2.45) is 4.99 Å². The van der Waals surface area contributed by atoms with Crippen LogP contribution < -0.4 is 15.4 Å². The molecule has 1 rings (SSSR count). The molecule has 0 radical (unpaired) electrons. The first-order valence-corrected chi connectivity index (χ1v) is 8.66. The number of nitrogens with one attached hydrogen (secondary N) is 2. The highest BCUT2D eigenvalue weighted by Gasteiger charge is 2.28. The fourth-order valence-electron chi connectivity index (χ4n) is 2.43. The van der Waals surface area contributed by atoms with Gasteiger partial charge in [0.05, 0.1) is 20.2 Å². The van der Waals surface area contributed by atoms with E-state index in [1.165, 1.54) is 11.9 Å². The summed E-state index contributed by atoms with van der Waals surface area (Å²) in [6, 6.07) is 5.94. The number of hydrogen-bond acceptors (Lipinski definition) is 3. The smallest absolute Gasteiger partial charge is 0.401 e. The van der Waals surface area contributed by atoms with Crippen LogP contribution in [0.3, 0.4) is 0 Å². The van der Waals surface area contributed by atoms with Crippen molar-refractivity contribution in [2.75, 3.05) is 40.3 Å². The van der Waals surface area contributed by atoms with Gasteiger partial charge < -0.3 is 15.4 Å². The zero-order valence-electron chi connectivity index (χ0n) is 15.9. The van der Waals surface area contributed by atoms with Crippen LogP contribution in [0.1, 0.15) is 24.5 Å². The maximum Gasteiger partial charge on any atom is 0.401 e. The monoisotopic (exact) mass is 374 g/mol. The van der Waals surface area contributed by atoms with Gasteiger partial charge in [-0.05, 0) is 45.5 Å². The summed E-state index contributed by atoms with van der Waals surface area (Å²) in [6.07, 6.45) is -3.57. The number of aliphatic imine (C=N–C) groups is 1. The van der Waals surface area contributed by atoms with Gasteiger partial charge in [0.2, 0.25) is 0 Å². The highest BCUT2D eigenvalue weighted by atomic mass is 19.4. The van der Waals surface area contributed by atoms with Gasteiger partial charge in [-0.15, -0.1) is 0 Å². The van der Waals surface area contributed by atoms with Crippen molar-refractivity contribution in [3.8, 4) is 5.75 Å². The van der Waals surface area contributed by atoms with Crippen molar-refractivity contribution < 1.29 is 17.9 Å². The van der Waals surface area contributed by atoms with Crippen LogP contribution in [0.25, 0.3) is 0 Å². The van der Waals surface area contributed by atoms with Gasteiger partial charge in [0, 0.05) is 18.7 Å². The Morgan fingerprint density at radius 1 is 1.27 bits per heavy atom. The Kier molecular flexibility index (Phi) is 9.26. The lowest BCUT2D eigenvalue weighted by Crippen LogP contribution is -2.39. The quantitative estimate of drug-likeness (QED) is 0.396. The number of ether oxygens (including phenoxy) is 1. The Hall–Kier alpha value is -1.96. The molecule has 0 aliphatic carbocycles. The first-order valence-electron chi connectivity index (χ1n) is 8.66. The van der Waals surface area contributed by atoms with Crippen molar-refractivity contribution in [1.82, 2.24) is 15.5 Å². The number of guanidine groups is 1. The van der Waals surface area contributed by atoms with Crippen molar-refractivity contribution in [2.45, 2.75) is 33.0 Å². The molecule has 148 valence electrons. The highest BCUT2D eigenvalue weighted by molar-refractivity contribution is 5.79. The fraction of sp³-hybridized carbons (Fsp3) is 0.611. The molecule has 0 bridgehead atoms. The van der Waals surface area contributed by atoms with Crippen molar-refractivity contribution in [3.63, 3.8) is 0 Å². The van der Waals surface area contributed by atoms with Crippen LogP contribution in [0.15, 0.2) is 23.2 Å². The van der Waals surface area contributed by atoms with E-state index in [4.69, 9.17) is 4.74 Å². The van der Waals surface area contributed by atoms with Gasteiger partial charge in [-0.2, -0.15) is 13.2 Å². The zero-order chi connectivity index (χ0) is 19.6. The molecule has 0 amide bonds. The molecule has 0 unspecified atom stereocenters. The van der Waals surface area contributed by atoms with Gasteiger partial charge in [0.15, 0.2) is 5.96 Å². The minimum Gasteiger partial charge on any atom is -0.496 e. The number of hydrogen-bond donors (Lipinski definition) is 2. The summed E-state index contributed by atoms with van der Waals surface area (Å²) in [5, 5.41) is 6.28. The number of benzene rings is 1. The predicted molar refractivity (Wildman–Crippen MR) is 98.7 cm³/mol. The SMILES string of the molecule is CCNC(=NCc1ccc(C)cc1OC)NCCCN(C)CC(F)(F)F. The van der Waals surface area contributed by atoms with Gasteiger partial charge in [-0.1, -0.05) is 12.1 Å². The molecule has 0 saturated carbocycles. The maximum atomic E-state index is 12.3. The Balaban J connectivity index is 2.51. The molecule has 0 fully saturated rings. The lowest BCUT2D eigenvalue weighted by molar-refractivity contribution is -0.143. The van der Waals surface area contributed by atoms with E-state index < -0.39 is 12.7 Å². The van der Waals surface area contributed by atoms with Gasteiger partial charge in [0.25, 0.3) is 0 Å². The number of rotatable bonds is 9. The second-order valence-electron chi connectivity index (χ2n) is 6.14. The minimum atomic E-state index is -4.16. The zero-order valence-corrected chi connectivity index (χ0v) is 15.9. The van der Waals surface area contributed by atoms with Gasteiger partial charge in [-0.25, -0.2) is 4.99 Å². The van der Waals surface area contributed by atoms with Crippen LogP contribution in [0.5, 0.6) is 5.75 Å². The third kappa shape index (κ3) is 8.94. The number of nitrogens with zero attached hydrogens (tertiary/aromatic N) is 2. The van der Waals surface area contributed by atoms with E-state index >= 15 is 0 Å². The van der Waals surface area contributed by atoms with Crippen LogP contribution in [0.4, 0.5) is 13.2 Å². The van der Waals surface area contributed by atoms with Crippen molar-refractivity contribution >= 4 is 5.96 Å². The summed E-state index contributed by atoms with van der Waals surface area (Å²) in [7, 11) is 3.10. The molecule has 26 heavy (non-hydrogen) atoms. The average Bonchev–Trinajstić information content (AvgIpc) is 2.55. The molecule has 0 heterocycles. The third-order valence-electron chi connectivity index (χ3n) is 3.65. The van der Waals surface area contributed by atoms with E-state index in [0.29, 0.717) is 38.6 Å². The maximum absolute atomic E-state index is 12.3. The third-order valence-corrected chi connectivity index (χ3v) is 3.65. The fourth-order valence-corrected chi connectivity index (χ4v) is 2.43. The average molecular weight is 374 g/mol. The number of aryl methyl sites for hydroxylation is 1. The van der Waals surface area contributed by atoms with Crippen molar-refractivity contribution in [3.05, 3.63) is 29.3 Å². The summed E-state index contributed by atoms with van der Waals surface area (Å²) in [5.41, 5.74) is 2.09. The molecule has 2 N–H and O–H groups in total. The Morgan fingerprint density at radius 3 is 2.62 bits per heavy atom. The molecule has 0 aromatic heterocycles. The standard InChI is InChI=1S/C18H29F3N4O/c1-5-22-17(23-9-6-10-25(3)13-18(19,20)21)24-12-15-8-7-14(2)11-16(15)26-4/h7-8,11H,5-6,9-10,12-13H2,1-4H3,(H2,22,23,24). The molecule has 0 atom stereocenters. The van der Waals surface area contributed by atoms with E-state index in [0.717, 1.165) is 16.9 Å². The second-order valence-corrected chi connectivity index (χ2v) is 6.14. The van der Waals surface area contributed by atoms with Crippen LogP contribution in [-0.2, 0) is 6.54 Å². The van der Waals surface area contributed by atoms with E-state index in [1.54, 1.807) is 7.11 Å². The summed E-state index contributed by atoms with van der Waals surface area (Å²) in [6.45, 7) is 5.11.